The SMILES string of the molecule is CNC(=O)c1cc(-c2cccnc2[C@H](Cc2cc(F)cc(F)c2)NC(=O)Cn2cc(C(=O)N3CC(OC)C3)cc2C(C)C)ccc1F. The molecule has 9 nitrogen and oxygen atoms in total. The fourth-order valence-corrected chi connectivity index (χ4v) is 5.73. The molecule has 246 valence electrons. The van der Waals surface area contributed by atoms with E-state index < -0.39 is 35.3 Å². The van der Waals surface area contributed by atoms with E-state index in [0.29, 0.717) is 35.5 Å². The Kier molecular flexibility index (Phi) is 10.1. The lowest BCUT2D eigenvalue weighted by Gasteiger charge is -2.37. The van der Waals surface area contributed by atoms with Gasteiger partial charge in [-0.3, -0.25) is 19.4 Å². The molecule has 5 rings (SSSR count). The van der Waals surface area contributed by atoms with Crippen LogP contribution < -0.4 is 10.6 Å². The van der Waals surface area contributed by atoms with Gasteiger partial charge in [-0.25, -0.2) is 13.2 Å². The van der Waals surface area contributed by atoms with Crippen molar-refractivity contribution in [1.82, 2.24) is 25.1 Å². The summed E-state index contributed by atoms with van der Waals surface area (Å²) in [6.07, 6.45) is 3.13. The molecule has 47 heavy (non-hydrogen) atoms. The predicted octanol–water partition coefficient (Wildman–Crippen LogP) is 5.02. The molecule has 2 aromatic heterocycles. The van der Waals surface area contributed by atoms with Crippen molar-refractivity contribution in [2.75, 3.05) is 27.2 Å². The van der Waals surface area contributed by atoms with Crippen LogP contribution in [0.4, 0.5) is 13.2 Å². The molecule has 1 saturated heterocycles. The third-order valence-electron chi connectivity index (χ3n) is 8.17. The first-order valence-electron chi connectivity index (χ1n) is 15.2. The fourth-order valence-electron chi connectivity index (χ4n) is 5.73. The highest BCUT2D eigenvalue weighted by Crippen LogP contribution is 2.31. The van der Waals surface area contributed by atoms with Crippen molar-refractivity contribution in [2.45, 2.75) is 44.9 Å². The smallest absolute Gasteiger partial charge is 0.255 e. The number of likely N-dealkylation sites (tertiary alicyclic amines) is 1. The molecule has 12 heteroatoms. The molecule has 0 spiro atoms. The zero-order chi connectivity index (χ0) is 33.8. The average molecular weight is 648 g/mol. The number of hydrogen-bond acceptors (Lipinski definition) is 5. The van der Waals surface area contributed by atoms with Gasteiger partial charge in [-0.05, 0) is 59.9 Å². The number of ether oxygens (including phenoxy) is 1. The van der Waals surface area contributed by atoms with Crippen molar-refractivity contribution >= 4 is 17.7 Å². The summed E-state index contributed by atoms with van der Waals surface area (Å²) >= 11 is 0. The van der Waals surface area contributed by atoms with E-state index in [1.54, 1.807) is 41.0 Å². The maximum Gasteiger partial charge on any atom is 0.255 e. The molecule has 1 aliphatic rings. The molecule has 1 aliphatic heterocycles. The van der Waals surface area contributed by atoms with E-state index in [4.69, 9.17) is 4.74 Å². The van der Waals surface area contributed by atoms with E-state index in [1.807, 2.05) is 13.8 Å². The van der Waals surface area contributed by atoms with Crippen LogP contribution in [0.5, 0.6) is 0 Å². The summed E-state index contributed by atoms with van der Waals surface area (Å²) in [5, 5.41) is 5.38. The standard InChI is InChI=1S/C35H36F3N5O4/c1-20(2)31-14-23(35(46)43-17-26(18-43)47-4)16-42(31)19-32(44)41-30(12-21-10-24(36)15-25(37)11-21)33-27(6-5-9-40-33)22-7-8-29(38)28(13-22)34(45)39-3/h5-11,13-16,20,26,30H,12,17-19H2,1-4H3,(H,39,45)(H,41,44)/t30-/m0/s1. The monoisotopic (exact) mass is 647 g/mol. The van der Waals surface area contributed by atoms with Gasteiger partial charge in [-0.15, -0.1) is 0 Å². The van der Waals surface area contributed by atoms with Crippen molar-refractivity contribution in [3.8, 4) is 11.1 Å². The highest BCUT2D eigenvalue weighted by Gasteiger charge is 2.32. The van der Waals surface area contributed by atoms with Gasteiger partial charge in [0.15, 0.2) is 0 Å². The number of halogens is 3. The number of amides is 3. The Hall–Kier alpha value is -4.97. The Labute approximate surface area is 270 Å². The molecule has 3 heterocycles. The third kappa shape index (κ3) is 7.54. The lowest BCUT2D eigenvalue weighted by atomic mass is 9.94. The first-order chi connectivity index (χ1) is 22.5. The Morgan fingerprint density at radius 2 is 1.74 bits per heavy atom. The number of rotatable bonds is 11. The van der Waals surface area contributed by atoms with Crippen LogP contribution in [0.1, 0.15) is 63.5 Å². The number of carbonyl (C=O) groups excluding carboxylic acids is 3. The second kappa shape index (κ2) is 14.2. The van der Waals surface area contributed by atoms with Gasteiger partial charge in [-0.1, -0.05) is 26.0 Å². The molecule has 3 amide bonds. The minimum Gasteiger partial charge on any atom is -0.378 e. The number of nitrogens with one attached hydrogen (secondary N) is 2. The van der Waals surface area contributed by atoms with E-state index in [9.17, 15) is 27.6 Å². The molecule has 1 atom stereocenters. The van der Waals surface area contributed by atoms with E-state index in [1.165, 1.54) is 43.6 Å². The summed E-state index contributed by atoms with van der Waals surface area (Å²) in [6, 6.07) is 11.4. The maximum absolute atomic E-state index is 14.5. The van der Waals surface area contributed by atoms with Crippen LogP contribution in [-0.2, 0) is 22.5 Å². The van der Waals surface area contributed by atoms with Crippen molar-refractivity contribution in [2.24, 2.45) is 0 Å². The number of aromatic nitrogens is 2. The van der Waals surface area contributed by atoms with Gasteiger partial charge in [0.25, 0.3) is 11.8 Å². The topological polar surface area (TPSA) is 106 Å². The Morgan fingerprint density at radius 1 is 1.02 bits per heavy atom. The quantitative estimate of drug-likeness (QED) is 0.238. The Bertz CT molecular complexity index is 1780. The molecule has 1 fully saturated rings. The first kappa shape index (κ1) is 33.4. The number of pyridine rings is 1. The van der Waals surface area contributed by atoms with Crippen LogP contribution in [0.25, 0.3) is 11.1 Å². The molecule has 2 N–H and O–H groups in total. The van der Waals surface area contributed by atoms with Crippen LogP contribution in [0.2, 0.25) is 0 Å². The first-order valence-corrected chi connectivity index (χ1v) is 15.2. The van der Waals surface area contributed by atoms with Gasteiger partial charge in [0.2, 0.25) is 5.91 Å². The Balaban J connectivity index is 1.47. The fraction of sp³-hybridized carbons (Fsp3) is 0.314. The summed E-state index contributed by atoms with van der Waals surface area (Å²) in [5.74, 6) is -3.47. The normalized spacial score (nSPS) is 13.7. The van der Waals surface area contributed by atoms with Crippen molar-refractivity contribution in [3.05, 3.63) is 113 Å². The molecule has 0 unspecified atom stereocenters. The number of hydrogen-bond donors (Lipinski definition) is 2. The van der Waals surface area contributed by atoms with Gasteiger partial charge in [0.1, 0.15) is 24.0 Å². The van der Waals surface area contributed by atoms with Crippen molar-refractivity contribution in [1.29, 1.82) is 0 Å². The largest absolute Gasteiger partial charge is 0.378 e. The van der Waals surface area contributed by atoms with Crippen LogP contribution in [0.3, 0.4) is 0 Å². The minimum absolute atomic E-state index is 0.00154. The number of nitrogens with zero attached hydrogens (tertiary/aromatic N) is 3. The average Bonchev–Trinajstić information content (AvgIpc) is 3.43. The molecule has 0 bridgehead atoms. The molecule has 4 aromatic rings. The van der Waals surface area contributed by atoms with Gasteiger partial charge < -0.3 is 24.8 Å². The highest BCUT2D eigenvalue weighted by molar-refractivity contribution is 5.96. The van der Waals surface area contributed by atoms with Gasteiger partial charge in [-0.2, -0.15) is 0 Å². The Morgan fingerprint density at radius 3 is 2.40 bits per heavy atom. The minimum atomic E-state index is -0.889. The number of carbonyl (C=O) groups is 3. The lowest BCUT2D eigenvalue weighted by molar-refractivity contribution is -0.122. The summed E-state index contributed by atoms with van der Waals surface area (Å²) in [4.78, 5) is 45.4. The van der Waals surface area contributed by atoms with E-state index in [-0.39, 0.29) is 42.0 Å². The summed E-state index contributed by atoms with van der Waals surface area (Å²) < 4.78 is 50.0. The molecule has 0 saturated carbocycles. The van der Waals surface area contributed by atoms with E-state index >= 15 is 0 Å². The van der Waals surface area contributed by atoms with Gasteiger partial charge in [0.05, 0.1) is 29.0 Å². The zero-order valence-corrected chi connectivity index (χ0v) is 26.5. The lowest BCUT2D eigenvalue weighted by Crippen LogP contribution is -2.54. The number of methoxy groups -OCH3 is 1. The molecule has 2 aromatic carbocycles. The van der Waals surface area contributed by atoms with E-state index in [2.05, 4.69) is 15.6 Å². The van der Waals surface area contributed by atoms with Crippen LogP contribution in [-0.4, -0.2) is 65.5 Å². The summed E-state index contributed by atoms with van der Waals surface area (Å²) in [6.45, 7) is 4.76. The highest BCUT2D eigenvalue weighted by atomic mass is 19.1. The van der Waals surface area contributed by atoms with Gasteiger partial charge >= 0.3 is 0 Å². The molecule has 0 radical (unpaired) electrons. The van der Waals surface area contributed by atoms with E-state index in [0.717, 1.165) is 11.8 Å². The summed E-state index contributed by atoms with van der Waals surface area (Å²) in [7, 11) is 3.00. The third-order valence-corrected chi connectivity index (χ3v) is 8.17. The maximum atomic E-state index is 14.5. The second-order valence-corrected chi connectivity index (χ2v) is 11.8. The predicted molar refractivity (Wildman–Crippen MR) is 169 cm³/mol. The van der Waals surface area contributed by atoms with Crippen molar-refractivity contribution < 1.29 is 32.3 Å². The van der Waals surface area contributed by atoms with Crippen LogP contribution >= 0.6 is 0 Å². The number of benzene rings is 2. The summed E-state index contributed by atoms with van der Waals surface area (Å²) in [5.41, 5.74) is 2.62. The molecule has 0 aliphatic carbocycles. The van der Waals surface area contributed by atoms with Crippen molar-refractivity contribution in [3.63, 3.8) is 0 Å². The van der Waals surface area contributed by atoms with Crippen LogP contribution in [0, 0.1) is 17.5 Å². The zero-order valence-electron chi connectivity index (χ0n) is 26.5. The van der Waals surface area contributed by atoms with Gasteiger partial charge in [0, 0.05) is 57.0 Å². The van der Waals surface area contributed by atoms with Crippen LogP contribution in [0.15, 0.2) is 67.0 Å². The second-order valence-electron chi connectivity index (χ2n) is 11.8. The molecular formula is C35H36F3N5O4. The molecular weight excluding hydrogens is 611 g/mol.